The third-order valence-corrected chi connectivity index (χ3v) is 6.22. The molecule has 0 bridgehead atoms. The third kappa shape index (κ3) is 4.33. The largest absolute Gasteiger partial charge is 0.341 e. The number of sulfone groups is 1. The smallest absolute Gasteiger partial charge is 0.174 e. The van der Waals surface area contributed by atoms with Crippen LogP contribution in [0.15, 0.2) is 60.7 Å². The van der Waals surface area contributed by atoms with Crippen LogP contribution >= 0.6 is 12.2 Å². The summed E-state index contributed by atoms with van der Waals surface area (Å²) >= 11 is 5.59. The van der Waals surface area contributed by atoms with E-state index in [2.05, 4.69) is 5.32 Å². The Labute approximate surface area is 148 Å². The van der Waals surface area contributed by atoms with E-state index in [-0.39, 0.29) is 17.5 Å². The Morgan fingerprint density at radius 1 is 1.08 bits per heavy atom. The lowest BCUT2D eigenvalue weighted by Crippen LogP contribution is -2.42. The van der Waals surface area contributed by atoms with E-state index in [1.54, 1.807) is 0 Å². The monoisotopic (exact) mass is 360 g/mol. The minimum absolute atomic E-state index is 0.0843. The van der Waals surface area contributed by atoms with E-state index in [0.29, 0.717) is 18.1 Å². The molecule has 1 heterocycles. The summed E-state index contributed by atoms with van der Waals surface area (Å²) in [4.78, 5) is 2.00. The molecule has 1 aliphatic heterocycles. The highest BCUT2D eigenvalue weighted by molar-refractivity contribution is 7.91. The molecule has 0 amide bonds. The number of nitrogens with zero attached hydrogens (tertiary/aromatic N) is 1. The van der Waals surface area contributed by atoms with E-state index < -0.39 is 9.84 Å². The topological polar surface area (TPSA) is 49.4 Å². The molecule has 2 aromatic rings. The molecule has 1 saturated heterocycles. The van der Waals surface area contributed by atoms with Crippen molar-refractivity contribution in [3.05, 3.63) is 66.2 Å². The van der Waals surface area contributed by atoms with Gasteiger partial charge in [-0.2, -0.15) is 0 Å². The average molecular weight is 361 g/mol. The van der Waals surface area contributed by atoms with Crippen LogP contribution in [0.2, 0.25) is 0 Å². The Morgan fingerprint density at radius 3 is 2.29 bits per heavy atom. The molecular formula is C18H20N2O2S2. The maximum absolute atomic E-state index is 11.9. The summed E-state index contributed by atoms with van der Waals surface area (Å²) < 4.78 is 23.8. The number of para-hydroxylation sites is 1. The van der Waals surface area contributed by atoms with Gasteiger partial charge in [0.2, 0.25) is 0 Å². The molecule has 0 spiro atoms. The molecule has 4 nitrogen and oxygen atoms in total. The fourth-order valence-electron chi connectivity index (χ4n) is 2.88. The van der Waals surface area contributed by atoms with Crippen LogP contribution in [-0.4, -0.2) is 36.0 Å². The van der Waals surface area contributed by atoms with Gasteiger partial charge in [-0.15, -0.1) is 0 Å². The van der Waals surface area contributed by atoms with Gasteiger partial charge in [0.1, 0.15) is 0 Å². The quantitative estimate of drug-likeness (QED) is 0.849. The van der Waals surface area contributed by atoms with Gasteiger partial charge in [0.15, 0.2) is 14.9 Å². The minimum Gasteiger partial charge on any atom is -0.341 e. The lowest BCUT2D eigenvalue weighted by atomic mass is 10.1. The first-order valence-electron chi connectivity index (χ1n) is 7.90. The highest BCUT2D eigenvalue weighted by Crippen LogP contribution is 2.21. The Hall–Kier alpha value is -1.92. The molecule has 1 aliphatic rings. The van der Waals surface area contributed by atoms with Crippen LogP contribution in [0.1, 0.15) is 12.0 Å². The van der Waals surface area contributed by atoms with Gasteiger partial charge < -0.3 is 10.2 Å². The van der Waals surface area contributed by atoms with Gasteiger partial charge in [-0.3, -0.25) is 0 Å². The second-order valence-corrected chi connectivity index (χ2v) is 8.58. The van der Waals surface area contributed by atoms with E-state index in [1.165, 1.54) is 0 Å². The minimum atomic E-state index is -2.97. The molecule has 2 aromatic carbocycles. The normalized spacial score (nSPS) is 18.9. The van der Waals surface area contributed by atoms with Gasteiger partial charge >= 0.3 is 0 Å². The highest BCUT2D eigenvalue weighted by atomic mass is 32.2. The van der Waals surface area contributed by atoms with Crippen molar-refractivity contribution in [3.8, 4) is 0 Å². The summed E-state index contributed by atoms with van der Waals surface area (Å²) in [6.45, 7) is 0.597. The van der Waals surface area contributed by atoms with Crippen molar-refractivity contribution >= 4 is 32.9 Å². The van der Waals surface area contributed by atoms with Gasteiger partial charge in [-0.25, -0.2) is 8.42 Å². The Morgan fingerprint density at radius 2 is 1.71 bits per heavy atom. The molecule has 1 fully saturated rings. The molecule has 126 valence electrons. The van der Waals surface area contributed by atoms with Crippen LogP contribution in [0.4, 0.5) is 5.69 Å². The van der Waals surface area contributed by atoms with Crippen LogP contribution in [0.3, 0.4) is 0 Å². The van der Waals surface area contributed by atoms with E-state index in [9.17, 15) is 8.42 Å². The number of rotatable bonds is 4. The molecule has 1 unspecified atom stereocenters. The number of benzene rings is 2. The van der Waals surface area contributed by atoms with E-state index >= 15 is 0 Å². The number of anilines is 1. The maximum atomic E-state index is 11.9. The summed E-state index contributed by atoms with van der Waals surface area (Å²) in [5, 5.41) is 3.79. The second-order valence-electron chi connectivity index (χ2n) is 5.97. The fraction of sp³-hybridized carbons (Fsp3) is 0.278. The van der Waals surface area contributed by atoms with Crippen molar-refractivity contribution in [3.63, 3.8) is 0 Å². The Bertz CT molecular complexity index is 792. The van der Waals surface area contributed by atoms with Crippen LogP contribution in [-0.2, 0) is 16.4 Å². The van der Waals surface area contributed by atoms with Crippen LogP contribution in [0.5, 0.6) is 0 Å². The third-order valence-electron chi connectivity index (χ3n) is 4.13. The summed E-state index contributed by atoms with van der Waals surface area (Å²) in [5.74, 6) is 0.396. The maximum Gasteiger partial charge on any atom is 0.174 e. The summed E-state index contributed by atoms with van der Waals surface area (Å²) in [6, 6.07) is 19.6. The predicted molar refractivity (Wildman–Crippen MR) is 102 cm³/mol. The van der Waals surface area contributed by atoms with E-state index in [1.807, 2.05) is 65.6 Å². The first-order chi connectivity index (χ1) is 11.5. The molecule has 24 heavy (non-hydrogen) atoms. The number of hydrogen-bond acceptors (Lipinski definition) is 3. The van der Waals surface area contributed by atoms with Crippen molar-refractivity contribution in [1.82, 2.24) is 4.90 Å². The molecular weight excluding hydrogens is 340 g/mol. The Kier molecular flexibility index (Phi) is 5.16. The van der Waals surface area contributed by atoms with Crippen molar-refractivity contribution in [2.24, 2.45) is 0 Å². The number of nitrogens with one attached hydrogen (secondary N) is 1. The number of thiocarbonyl (C=S) groups is 1. The van der Waals surface area contributed by atoms with Crippen molar-refractivity contribution < 1.29 is 8.42 Å². The zero-order chi connectivity index (χ0) is 17.0. The van der Waals surface area contributed by atoms with Gasteiger partial charge in [0.25, 0.3) is 0 Å². The van der Waals surface area contributed by atoms with Gasteiger partial charge in [0.05, 0.1) is 11.5 Å². The van der Waals surface area contributed by atoms with Crippen LogP contribution in [0.25, 0.3) is 0 Å². The fourth-order valence-corrected chi connectivity index (χ4v) is 4.95. The molecule has 1 atom stereocenters. The summed E-state index contributed by atoms with van der Waals surface area (Å²) in [6.07, 6.45) is 0.617. The van der Waals surface area contributed by atoms with Crippen LogP contribution in [0, 0.1) is 0 Å². The first-order valence-corrected chi connectivity index (χ1v) is 10.1. The van der Waals surface area contributed by atoms with Gasteiger partial charge in [-0.05, 0) is 36.3 Å². The van der Waals surface area contributed by atoms with Gasteiger partial charge in [-0.1, -0.05) is 48.5 Å². The molecule has 1 N–H and O–H groups in total. The summed E-state index contributed by atoms with van der Waals surface area (Å²) in [7, 11) is -2.97. The predicted octanol–water partition coefficient (Wildman–Crippen LogP) is 3.07. The molecule has 0 aromatic heterocycles. The SMILES string of the molecule is O=S1(=O)CCC(N(Cc2ccccc2)C(=S)Nc2ccccc2)C1. The Balaban J connectivity index is 1.80. The molecule has 0 aliphatic carbocycles. The van der Waals surface area contributed by atoms with Crippen molar-refractivity contribution in [2.75, 3.05) is 16.8 Å². The average Bonchev–Trinajstić information content (AvgIpc) is 2.94. The lowest BCUT2D eigenvalue weighted by molar-refractivity contribution is 0.332. The van der Waals surface area contributed by atoms with E-state index in [0.717, 1.165) is 11.3 Å². The van der Waals surface area contributed by atoms with Crippen molar-refractivity contribution in [2.45, 2.75) is 19.0 Å². The highest BCUT2D eigenvalue weighted by Gasteiger charge is 2.33. The standard InChI is InChI=1S/C18H20N2O2S2/c21-24(22)12-11-17(14-24)20(13-15-7-3-1-4-8-15)18(23)19-16-9-5-2-6-10-16/h1-10,17H,11-14H2,(H,19,23). The molecule has 0 saturated carbocycles. The molecule has 3 rings (SSSR count). The molecule has 6 heteroatoms. The van der Waals surface area contributed by atoms with Crippen molar-refractivity contribution in [1.29, 1.82) is 0 Å². The molecule has 0 radical (unpaired) electrons. The first kappa shape index (κ1) is 16.9. The van der Waals surface area contributed by atoms with Gasteiger partial charge in [0, 0.05) is 18.3 Å². The zero-order valence-electron chi connectivity index (χ0n) is 13.3. The lowest BCUT2D eigenvalue weighted by Gasteiger charge is -2.31. The van der Waals surface area contributed by atoms with E-state index in [4.69, 9.17) is 12.2 Å². The zero-order valence-corrected chi connectivity index (χ0v) is 14.9. The van der Waals surface area contributed by atoms with Crippen LogP contribution < -0.4 is 5.32 Å². The summed E-state index contributed by atoms with van der Waals surface area (Å²) in [5.41, 5.74) is 2.01. The second kappa shape index (κ2) is 7.32. The number of hydrogen-bond donors (Lipinski definition) is 1.